The van der Waals surface area contributed by atoms with Gasteiger partial charge in [0.05, 0.1) is 5.69 Å². The third-order valence-electron chi connectivity index (χ3n) is 4.12. The molecule has 3 rings (SSSR count). The molecule has 1 unspecified atom stereocenters. The van der Waals surface area contributed by atoms with Crippen LogP contribution >= 0.6 is 0 Å². The van der Waals surface area contributed by atoms with Crippen molar-refractivity contribution in [1.29, 1.82) is 0 Å². The monoisotopic (exact) mass is 357 g/mol. The van der Waals surface area contributed by atoms with Gasteiger partial charge >= 0.3 is 0 Å². The zero-order chi connectivity index (χ0) is 18.3. The fourth-order valence-corrected chi connectivity index (χ4v) is 2.88. The number of amides is 1. The Morgan fingerprint density at radius 3 is 2.28 bits per heavy atom. The highest BCUT2D eigenvalue weighted by Gasteiger charge is 2.39. The minimum atomic E-state index is -1.81. The molecule has 1 aliphatic rings. The quantitative estimate of drug-likeness (QED) is 0.626. The van der Waals surface area contributed by atoms with Crippen LogP contribution in [0.1, 0.15) is 6.42 Å². The van der Waals surface area contributed by atoms with E-state index in [0.717, 1.165) is 16.8 Å². The number of para-hydroxylation sites is 1. The highest BCUT2D eigenvalue weighted by atomic mass is 19.2. The topological polar surface area (TPSA) is 36.4 Å². The molecule has 0 bridgehead atoms. The number of anilines is 2. The van der Waals surface area contributed by atoms with E-state index in [1.807, 2.05) is 0 Å². The van der Waals surface area contributed by atoms with Crippen LogP contribution in [-0.4, -0.2) is 30.5 Å². The van der Waals surface area contributed by atoms with E-state index in [9.17, 15) is 26.7 Å². The average Bonchev–Trinajstić information content (AvgIpc) is 2.95. The van der Waals surface area contributed by atoms with E-state index in [1.165, 1.54) is 24.3 Å². The number of rotatable bonds is 3. The van der Waals surface area contributed by atoms with Crippen LogP contribution in [0, 0.1) is 29.3 Å². The molecule has 0 N–H and O–H groups in total. The number of carbonyl (C=O) groups is 1. The van der Waals surface area contributed by atoms with Gasteiger partial charge in [-0.15, -0.1) is 0 Å². The molecule has 9 heteroatoms. The Kier molecular flexibility index (Phi) is 4.32. The summed E-state index contributed by atoms with van der Waals surface area (Å²) in [5.41, 5.74) is -1.00. The van der Waals surface area contributed by atoms with E-state index >= 15 is 0 Å². The predicted octanol–water partition coefficient (Wildman–Crippen LogP) is 3.02. The van der Waals surface area contributed by atoms with Crippen molar-refractivity contribution in [2.75, 3.05) is 23.4 Å². The van der Waals surface area contributed by atoms with Gasteiger partial charge in [0, 0.05) is 13.6 Å². The summed E-state index contributed by atoms with van der Waals surface area (Å²) in [7, 11) is 1.13. The second-order valence-corrected chi connectivity index (χ2v) is 5.53. The summed E-state index contributed by atoms with van der Waals surface area (Å²) in [6.07, 6.45) is 0.0914. The molecule has 2 heterocycles. The third kappa shape index (κ3) is 2.79. The summed E-state index contributed by atoms with van der Waals surface area (Å²) in [5.74, 6) is -8.27. The van der Waals surface area contributed by atoms with E-state index in [0.29, 0.717) is 0 Å². The first-order valence-electron chi connectivity index (χ1n) is 7.31. The highest BCUT2D eigenvalue weighted by molar-refractivity contribution is 6.01. The molecule has 1 aromatic carbocycles. The third-order valence-corrected chi connectivity index (χ3v) is 4.12. The lowest BCUT2D eigenvalue weighted by molar-refractivity contribution is -0.118. The maximum atomic E-state index is 13.9. The minimum absolute atomic E-state index is 0.0245. The van der Waals surface area contributed by atoms with Crippen molar-refractivity contribution in [3.8, 4) is 0 Å². The Morgan fingerprint density at radius 2 is 1.68 bits per heavy atom. The van der Waals surface area contributed by atoms with Gasteiger partial charge in [0.2, 0.25) is 17.5 Å². The van der Waals surface area contributed by atoms with E-state index in [4.69, 9.17) is 0 Å². The van der Waals surface area contributed by atoms with E-state index in [-0.39, 0.29) is 18.7 Å². The Hall–Kier alpha value is -2.71. The molecule has 1 saturated heterocycles. The van der Waals surface area contributed by atoms with Crippen molar-refractivity contribution < 1.29 is 26.7 Å². The van der Waals surface area contributed by atoms with E-state index in [2.05, 4.69) is 4.98 Å². The smallest absolute Gasteiger partial charge is 0.253 e. The lowest BCUT2D eigenvalue weighted by Gasteiger charge is -2.26. The summed E-state index contributed by atoms with van der Waals surface area (Å²) >= 11 is 0. The molecule has 1 aromatic heterocycles. The second-order valence-electron chi connectivity index (χ2n) is 5.53. The zero-order valence-electron chi connectivity index (χ0n) is 12.9. The maximum absolute atomic E-state index is 13.9. The van der Waals surface area contributed by atoms with Crippen LogP contribution in [0.4, 0.5) is 33.3 Å². The number of nitrogens with zero attached hydrogens (tertiary/aromatic N) is 3. The van der Waals surface area contributed by atoms with Crippen LogP contribution in [0.5, 0.6) is 0 Å². The summed E-state index contributed by atoms with van der Waals surface area (Å²) in [4.78, 5) is 16.9. The average molecular weight is 357 g/mol. The first-order valence-corrected chi connectivity index (χ1v) is 7.31. The summed E-state index contributed by atoms with van der Waals surface area (Å²) in [6.45, 7) is 0.0913. The molecule has 0 radical (unpaired) electrons. The lowest BCUT2D eigenvalue weighted by Crippen LogP contribution is -2.41. The molecule has 1 fully saturated rings. The van der Waals surface area contributed by atoms with Gasteiger partial charge in [0.25, 0.3) is 11.9 Å². The molecule has 1 aliphatic heterocycles. The van der Waals surface area contributed by atoms with E-state index < -0.39 is 47.0 Å². The molecule has 0 saturated carbocycles. The van der Waals surface area contributed by atoms with Gasteiger partial charge in [0.1, 0.15) is 17.5 Å². The first-order chi connectivity index (χ1) is 11.8. The van der Waals surface area contributed by atoms with Gasteiger partial charge in [-0.3, -0.25) is 4.79 Å². The zero-order valence-corrected chi connectivity index (χ0v) is 12.9. The standard InChI is InChI=1S/C16H12F5N3O/c1-23(13-11(18)14(20)22-15(21)12(13)19)10-6-7-24(16(10)25)9-5-3-2-4-8(9)17/h2-5,10H,6-7H2,1H3. The van der Waals surface area contributed by atoms with Crippen molar-refractivity contribution >= 4 is 17.3 Å². The van der Waals surface area contributed by atoms with Crippen molar-refractivity contribution in [3.05, 3.63) is 53.6 Å². The minimum Gasteiger partial charge on any atom is -0.358 e. The maximum Gasteiger partial charge on any atom is 0.253 e. The Bertz CT molecular complexity index is 819. The molecular formula is C16H12F5N3O. The van der Waals surface area contributed by atoms with Crippen LogP contribution < -0.4 is 9.80 Å². The second kappa shape index (κ2) is 6.30. The predicted molar refractivity (Wildman–Crippen MR) is 79.6 cm³/mol. The Balaban J connectivity index is 1.94. The van der Waals surface area contributed by atoms with Gasteiger partial charge in [0.15, 0.2) is 0 Å². The molecule has 132 valence electrons. The number of pyridine rings is 1. The van der Waals surface area contributed by atoms with Gasteiger partial charge in [-0.05, 0) is 18.6 Å². The molecule has 25 heavy (non-hydrogen) atoms. The van der Waals surface area contributed by atoms with Crippen LogP contribution in [0.25, 0.3) is 0 Å². The van der Waals surface area contributed by atoms with Gasteiger partial charge < -0.3 is 9.80 Å². The number of likely N-dealkylation sites (N-methyl/N-ethyl adjacent to an activating group) is 1. The SMILES string of the molecule is CN(c1c(F)c(F)nc(F)c1F)C1CCN(c2ccccc2F)C1=O. The van der Waals surface area contributed by atoms with Crippen LogP contribution in [0.2, 0.25) is 0 Å². The lowest BCUT2D eigenvalue weighted by atomic mass is 10.2. The number of hydrogen-bond donors (Lipinski definition) is 0. The van der Waals surface area contributed by atoms with Crippen LogP contribution in [-0.2, 0) is 4.79 Å². The van der Waals surface area contributed by atoms with Gasteiger partial charge in [-0.25, -0.2) is 4.39 Å². The molecule has 0 spiro atoms. The highest BCUT2D eigenvalue weighted by Crippen LogP contribution is 2.32. The fourth-order valence-electron chi connectivity index (χ4n) is 2.88. The van der Waals surface area contributed by atoms with E-state index in [1.54, 1.807) is 0 Å². The van der Waals surface area contributed by atoms with Gasteiger partial charge in [-0.1, -0.05) is 12.1 Å². The Morgan fingerprint density at radius 1 is 1.08 bits per heavy atom. The van der Waals surface area contributed by atoms with Crippen molar-refractivity contribution in [2.24, 2.45) is 0 Å². The number of aromatic nitrogens is 1. The summed E-state index contributed by atoms with van der Waals surface area (Å²) in [6, 6.07) is 4.45. The van der Waals surface area contributed by atoms with Crippen LogP contribution in [0.3, 0.4) is 0 Å². The van der Waals surface area contributed by atoms with Crippen LogP contribution in [0.15, 0.2) is 24.3 Å². The fraction of sp³-hybridized carbons (Fsp3) is 0.250. The van der Waals surface area contributed by atoms with Crippen molar-refractivity contribution in [2.45, 2.75) is 12.5 Å². The number of hydrogen-bond acceptors (Lipinski definition) is 3. The molecule has 1 amide bonds. The molecule has 0 aliphatic carbocycles. The summed E-state index contributed by atoms with van der Waals surface area (Å²) < 4.78 is 68.2. The van der Waals surface area contributed by atoms with Crippen molar-refractivity contribution in [1.82, 2.24) is 4.98 Å². The Labute approximate surface area is 139 Å². The molecular weight excluding hydrogens is 345 g/mol. The van der Waals surface area contributed by atoms with Crippen molar-refractivity contribution in [3.63, 3.8) is 0 Å². The molecule has 2 aromatic rings. The van der Waals surface area contributed by atoms with Gasteiger partial charge in [-0.2, -0.15) is 22.5 Å². The number of halogens is 5. The molecule has 1 atom stereocenters. The number of benzene rings is 1. The number of carbonyl (C=O) groups excluding carboxylic acids is 1. The molecule has 4 nitrogen and oxygen atoms in total. The largest absolute Gasteiger partial charge is 0.358 e. The normalized spacial score (nSPS) is 17.3. The summed E-state index contributed by atoms with van der Waals surface area (Å²) in [5, 5.41) is 0. The first kappa shape index (κ1) is 17.1.